The summed E-state index contributed by atoms with van der Waals surface area (Å²) in [5.74, 6) is -2.07. The average Bonchev–Trinajstić information content (AvgIpc) is 3.27. The number of ether oxygens (including phenoxy) is 1. The first-order chi connectivity index (χ1) is 21.3. The number of rotatable bonds is 5. The molecule has 0 aliphatic carbocycles. The molecule has 2 amide bonds. The highest BCUT2D eigenvalue weighted by atomic mass is 32.1. The summed E-state index contributed by atoms with van der Waals surface area (Å²) in [6, 6.07) is 13.5. The third-order valence-corrected chi connectivity index (χ3v) is 9.79. The third kappa shape index (κ3) is 4.89. The minimum absolute atomic E-state index is 0.139. The van der Waals surface area contributed by atoms with Gasteiger partial charge >= 0.3 is 5.97 Å². The van der Waals surface area contributed by atoms with Gasteiger partial charge in [0.25, 0.3) is 11.8 Å². The van der Waals surface area contributed by atoms with Gasteiger partial charge in [0.05, 0.1) is 16.1 Å². The summed E-state index contributed by atoms with van der Waals surface area (Å²) in [5, 5.41) is 12.3. The van der Waals surface area contributed by atoms with Crippen LogP contribution in [0.5, 0.6) is 0 Å². The minimum Gasteiger partial charge on any atom is -0.477 e. The highest BCUT2D eigenvalue weighted by Crippen LogP contribution is 2.43. The van der Waals surface area contributed by atoms with Crippen molar-refractivity contribution in [1.29, 1.82) is 0 Å². The summed E-state index contributed by atoms with van der Waals surface area (Å²) in [7, 11) is 0. The average molecular weight is 614 g/mol. The van der Waals surface area contributed by atoms with E-state index in [-0.39, 0.29) is 40.6 Å². The lowest BCUT2D eigenvalue weighted by Gasteiger charge is -2.53. The molecular formula is C32H28FN5O5S. The first-order valence-electron chi connectivity index (χ1n) is 14.3. The summed E-state index contributed by atoms with van der Waals surface area (Å²) >= 11 is 0.827. The van der Waals surface area contributed by atoms with Gasteiger partial charge in [-0.3, -0.25) is 14.6 Å². The Morgan fingerprint density at radius 2 is 1.73 bits per heavy atom. The van der Waals surface area contributed by atoms with Gasteiger partial charge in [0, 0.05) is 67.5 Å². The van der Waals surface area contributed by atoms with Crippen LogP contribution in [0.3, 0.4) is 0 Å². The van der Waals surface area contributed by atoms with Crippen molar-refractivity contribution >= 4 is 46.3 Å². The number of amides is 2. The van der Waals surface area contributed by atoms with Crippen molar-refractivity contribution in [3.05, 3.63) is 88.3 Å². The van der Waals surface area contributed by atoms with Crippen LogP contribution in [0.2, 0.25) is 0 Å². The number of thiophene rings is 1. The van der Waals surface area contributed by atoms with Gasteiger partial charge < -0.3 is 25.0 Å². The Balaban J connectivity index is 1.07. The van der Waals surface area contributed by atoms with Gasteiger partial charge in [-0.1, -0.05) is 0 Å². The van der Waals surface area contributed by atoms with Crippen molar-refractivity contribution in [2.45, 2.75) is 19.3 Å². The number of carbonyl (C=O) groups excluding carboxylic acids is 2. The Kier molecular flexibility index (Phi) is 7.10. The van der Waals surface area contributed by atoms with E-state index >= 15 is 0 Å². The van der Waals surface area contributed by atoms with Gasteiger partial charge in [-0.05, 0) is 67.8 Å². The van der Waals surface area contributed by atoms with E-state index in [1.165, 1.54) is 11.1 Å². The lowest BCUT2D eigenvalue weighted by Crippen LogP contribution is -2.59. The quantitative estimate of drug-likeness (QED) is 0.318. The molecule has 4 aromatic rings. The molecule has 44 heavy (non-hydrogen) atoms. The topological polar surface area (TPSA) is 125 Å². The Labute approximate surface area is 256 Å². The monoisotopic (exact) mass is 613 g/mol. The lowest BCUT2D eigenvalue weighted by atomic mass is 9.73. The summed E-state index contributed by atoms with van der Waals surface area (Å²) in [4.78, 5) is 51.2. The molecule has 3 aromatic heterocycles. The van der Waals surface area contributed by atoms with Gasteiger partial charge in [0.1, 0.15) is 16.4 Å². The molecule has 2 fully saturated rings. The molecule has 10 nitrogen and oxygen atoms in total. The number of carboxylic acid groups (broad SMARTS) is 1. The summed E-state index contributed by atoms with van der Waals surface area (Å²) < 4.78 is 20.5. The first kappa shape index (κ1) is 28.1. The van der Waals surface area contributed by atoms with Crippen LogP contribution in [-0.4, -0.2) is 65.7 Å². The molecule has 0 atom stereocenters. The molecule has 0 radical (unpaired) electrons. The standard InChI is InChI=1S/C32H28FN5O5S/c33-24-21-9-14-38(23-4-2-12-34-25(23)26(21)44-27(24)31(41)42)30(40)19-5-7-20(8-6-19)36-29(39)22-3-1-13-35-28(22)37-17-32(18-37)10-15-43-16-11-32/h1-8,12-13H,9-11,14-18H2,(H,36,39)(H,41,42). The molecule has 1 spiro atoms. The zero-order valence-corrected chi connectivity index (χ0v) is 24.4. The van der Waals surface area contributed by atoms with Gasteiger partial charge in [0.15, 0.2) is 5.82 Å². The lowest BCUT2D eigenvalue weighted by molar-refractivity contribution is -0.000511. The number of nitrogens with zero attached hydrogens (tertiary/aromatic N) is 4. The predicted molar refractivity (Wildman–Crippen MR) is 163 cm³/mol. The zero-order chi connectivity index (χ0) is 30.4. The van der Waals surface area contributed by atoms with E-state index < -0.39 is 11.8 Å². The van der Waals surface area contributed by atoms with Gasteiger partial charge in [-0.25, -0.2) is 14.2 Å². The van der Waals surface area contributed by atoms with Gasteiger partial charge in [-0.2, -0.15) is 0 Å². The van der Waals surface area contributed by atoms with E-state index in [1.54, 1.807) is 54.7 Å². The van der Waals surface area contributed by atoms with Crippen LogP contribution in [-0.2, 0) is 11.2 Å². The maximum absolute atomic E-state index is 15.0. The maximum Gasteiger partial charge on any atom is 0.348 e. The molecule has 0 bridgehead atoms. The number of hydrogen-bond acceptors (Lipinski definition) is 8. The second kappa shape index (κ2) is 11.1. The fourth-order valence-corrected chi connectivity index (χ4v) is 7.33. The molecule has 6 heterocycles. The van der Waals surface area contributed by atoms with E-state index in [2.05, 4.69) is 20.2 Å². The number of hydrogen-bond donors (Lipinski definition) is 2. The van der Waals surface area contributed by atoms with E-state index in [1.807, 2.05) is 0 Å². The first-order valence-corrected chi connectivity index (χ1v) is 15.2. The van der Waals surface area contributed by atoms with Gasteiger partial charge in [-0.15, -0.1) is 11.3 Å². The van der Waals surface area contributed by atoms with Crippen molar-refractivity contribution in [2.24, 2.45) is 5.41 Å². The minimum atomic E-state index is -1.33. The van der Waals surface area contributed by atoms with Gasteiger partial charge in [0.2, 0.25) is 0 Å². The summed E-state index contributed by atoms with van der Waals surface area (Å²) in [6.45, 7) is 3.38. The molecule has 224 valence electrons. The summed E-state index contributed by atoms with van der Waals surface area (Å²) in [5.41, 5.74) is 2.70. The van der Waals surface area contributed by atoms with Crippen LogP contribution in [0.25, 0.3) is 10.6 Å². The molecule has 0 unspecified atom stereocenters. The van der Waals surface area contributed by atoms with Crippen LogP contribution in [0.1, 0.15) is 48.8 Å². The van der Waals surface area contributed by atoms with Crippen molar-refractivity contribution in [3.8, 4) is 10.6 Å². The number of halogens is 1. The second-order valence-corrected chi connectivity index (χ2v) is 12.3. The molecule has 12 heteroatoms. The van der Waals surface area contributed by atoms with Crippen LogP contribution < -0.4 is 15.1 Å². The molecule has 0 saturated carbocycles. The molecule has 7 rings (SSSR count). The van der Waals surface area contributed by atoms with Crippen molar-refractivity contribution in [2.75, 3.05) is 48.0 Å². The van der Waals surface area contributed by atoms with E-state index in [4.69, 9.17) is 4.74 Å². The van der Waals surface area contributed by atoms with E-state index in [0.29, 0.717) is 38.9 Å². The number of carboxylic acids is 1. The largest absolute Gasteiger partial charge is 0.477 e. The van der Waals surface area contributed by atoms with E-state index in [0.717, 1.165) is 50.5 Å². The van der Waals surface area contributed by atoms with Crippen molar-refractivity contribution in [3.63, 3.8) is 0 Å². The number of carbonyl (C=O) groups is 3. The number of pyridine rings is 2. The number of benzene rings is 1. The predicted octanol–water partition coefficient (Wildman–Crippen LogP) is 5.11. The van der Waals surface area contributed by atoms with E-state index in [9.17, 15) is 23.9 Å². The molecule has 3 aliphatic rings. The fraction of sp³-hybridized carbons (Fsp3) is 0.281. The Bertz CT molecular complexity index is 1780. The summed E-state index contributed by atoms with van der Waals surface area (Å²) in [6.07, 6.45) is 5.39. The normalized spacial score (nSPS) is 16.8. The number of anilines is 3. The Morgan fingerprint density at radius 3 is 2.48 bits per heavy atom. The van der Waals surface area contributed by atoms with Crippen LogP contribution in [0.4, 0.5) is 21.6 Å². The second-order valence-electron chi connectivity index (χ2n) is 11.3. The maximum atomic E-state index is 15.0. The number of nitrogens with one attached hydrogen (secondary N) is 1. The molecular weight excluding hydrogens is 585 g/mol. The van der Waals surface area contributed by atoms with Crippen molar-refractivity contribution in [1.82, 2.24) is 9.97 Å². The molecule has 1 aromatic carbocycles. The highest BCUT2D eigenvalue weighted by Gasteiger charge is 2.45. The number of aromatic nitrogens is 2. The molecule has 2 N–H and O–H groups in total. The SMILES string of the molecule is O=C(Nc1ccc(C(=O)N2CCc3c(sc(C(=O)O)c3F)-c3ncccc32)cc1)c1cccnc1N1CC2(CCOCC2)C1. The smallest absolute Gasteiger partial charge is 0.348 e. The fourth-order valence-electron chi connectivity index (χ4n) is 6.25. The third-order valence-electron chi connectivity index (χ3n) is 8.59. The number of fused-ring (bicyclic) bond motifs is 3. The zero-order valence-electron chi connectivity index (χ0n) is 23.6. The van der Waals surface area contributed by atoms with Crippen molar-refractivity contribution < 1.29 is 28.6 Å². The Hall–Kier alpha value is -4.68. The van der Waals surface area contributed by atoms with Crippen LogP contribution in [0.15, 0.2) is 60.9 Å². The van der Waals surface area contributed by atoms with Crippen LogP contribution >= 0.6 is 11.3 Å². The highest BCUT2D eigenvalue weighted by molar-refractivity contribution is 7.17. The Morgan fingerprint density at radius 1 is 1.00 bits per heavy atom. The number of aromatic carboxylic acids is 1. The van der Waals surface area contributed by atoms with Crippen LogP contribution in [0, 0.1) is 11.2 Å². The molecule has 3 aliphatic heterocycles. The molecule has 2 saturated heterocycles.